The molecule has 0 aliphatic carbocycles. The summed E-state index contributed by atoms with van der Waals surface area (Å²) in [5, 5.41) is 2.83. The number of hydrogen-bond acceptors (Lipinski definition) is 7. The molecule has 2 rings (SSSR count). The summed E-state index contributed by atoms with van der Waals surface area (Å²) in [7, 11) is 0. The van der Waals surface area contributed by atoms with Crippen LogP contribution in [0.2, 0.25) is 0 Å². The first kappa shape index (κ1) is 26.2. The molecule has 1 N–H and O–H groups in total. The van der Waals surface area contributed by atoms with Gasteiger partial charge in [0.2, 0.25) is 11.8 Å². The van der Waals surface area contributed by atoms with Crippen molar-refractivity contribution in [2.24, 2.45) is 5.41 Å². The van der Waals surface area contributed by atoms with E-state index in [0.717, 1.165) is 19.6 Å². The van der Waals surface area contributed by atoms with Crippen LogP contribution in [0.4, 0.5) is 0 Å². The first-order chi connectivity index (χ1) is 15.3. The lowest BCUT2D eigenvalue weighted by Crippen LogP contribution is -2.29. The van der Waals surface area contributed by atoms with Gasteiger partial charge in [-0.3, -0.25) is 14.5 Å². The number of carbonyl (C=O) groups excluding carboxylic acids is 2. The Morgan fingerprint density at radius 3 is 2.75 bits per heavy atom. The number of pyridine rings is 1. The molecule has 0 aromatic carbocycles. The summed E-state index contributed by atoms with van der Waals surface area (Å²) in [6.07, 6.45) is 9.42. The molecule has 32 heavy (non-hydrogen) atoms. The summed E-state index contributed by atoms with van der Waals surface area (Å²) in [5.41, 5.74) is 0.725. The SMILES string of the molecule is CC(C)(C)C(=O)OCCSCC(=O)NC/C=C\COc1cc(CN2CCCCC2)ccn1. The van der Waals surface area contributed by atoms with Crippen LogP contribution < -0.4 is 10.1 Å². The normalized spacial score (nSPS) is 15.0. The fourth-order valence-electron chi connectivity index (χ4n) is 3.09. The minimum absolute atomic E-state index is 0.0465. The van der Waals surface area contributed by atoms with Crippen LogP contribution in [-0.2, 0) is 20.9 Å². The molecular formula is C24H37N3O4S. The fourth-order valence-corrected chi connectivity index (χ4v) is 3.72. The van der Waals surface area contributed by atoms with Crippen LogP contribution in [0.3, 0.4) is 0 Å². The van der Waals surface area contributed by atoms with Gasteiger partial charge in [0.1, 0.15) is 13.2 Å². The zero-order valence-corrected chi connectivity index (χ0v) is 20.4. The number of rotatable bonds is 12. The van der Waals surface area contributed by atoms with Crippen LogP contribution in [0.1, 0.15) is 45.6 Å². The maximum absolute atomic E-state index is 11.8. The topological polar surface area (TPSA) is 80.8 Å². The quantitative estimate of drug-likeness (QED) is 0.289. The zero-order valence-electron chi connectivity index (χ0n) is 19.6. The molecule has 7 nitrogen and oxygen atoms in total. The van der Waals surface area contributed by atoms with Gasteiger partial charge in [0.25, 0.3) is 0 Å². The number of aromatic nitrogens is 1. The molecule has 0 unspecified atom stereocenters. The third-order valence-electron chi connectivity index (χ3n) is 4.87. The van der Waals surface area contributed by atoms with Crippen molar-refractivity contribution in [2.45, 2.75) is 46.6 Å². The summed E-state index contributed by atoms with van der Waals surface area (Å²) in [5.74, 6) is 1.29. The smallest absolute Gasteiger partial charge is 0.311 e. The van der Waals surface area contributed by atoms with Gasteiger partial charge in [0.05, 0.1) is 11.2 Å². The molecular weight excluding hydrogens is 426 g/mol. The maximum atomic E-state index is 11.8. The van der Waals surface area contributed by atoms with E-state index < -0.39 is 5.41 Å². The van der Waals surface area contributed by atoms with Gasteiger partial charge in [0.15, 0.2) is 0 Å². The molecule has 1 aliphatic heterocycles. The van der Waals surface area contributed by atoms with Gasteiger partial charge in [-0.1, -0.05) is 12.5 Å². The van der Waals surface area contributed by atoms with E-state index in [1.165, 1.54) is 36.6 Å². The third-order valence-corrected chi connectivity index (χ3v) is 5.79. The minimum atomic E-state index is -0.496. The molecule has 1 aromatic rings. The number of nitrogens with one attached hydrogen (secondary N) is 1. The number of thioether (sulfide) groups is 1. The van der Waals surface area contributed by atoms with Crippen LogP contribution in [0.25, 0.3) is 0 Å². The lowest BCUT2D eigenvalue weighted by atomic mass is 9.97. The van der Waals surface area contributed by atoms with Crippen LogP contribution in [0.15, 0.2) is 30.5 Å². The summed E-state index contributed by atoms with van der Waals surface area (Å²) >= 11 is 1.44. The highest BCUT2D eigenvalue weighted by molar-refractivity contribution is 7.99. The number of likely N-dealkylation sites (tertiary alicyclic amines) is 1. The second-order valence-electron chi connectivity index (χ2n) is 8.86. The number of nitrogens with zero attached hydrogens (tertiary/aromatic N) is 2. The van der Waals surface area contributed by atoms with Crippen LogP contribution >= 0.6 is 11.8 Å². The summed E-state index contributed by atoms with van der Waals surface area (Å²) < 4.78 is 10.9. The predicted octanol–water partition coefficient (Wildman–Crippen LogP) is 3.44. The number of hydrogen-bond donors (Lipinski definition) is 1. The molecule has 1 aromatic heterocycles. The average molecular weight is 464 g/mol. The average Bonchev–Trinajstić information content (AvgIpc) is 2.76. The second kappa shape index (κ2) is 14.2. The molecule has 1 amide bonds. The van der Waals surface area contributed by atoms with E-state index in [0.29, 0.717) is 37.1 Å². The van der Waals surface area contributed by atoms with Crippen molar-refractivity contribution in [2.75, 3.05) is 44.4 Å². The molecule has 0 saturated carbocycles. The van der Waals surface area contributed by atoms with E-state index >= 15 is 0 Å². The molecule has 0 atom stereocenters. The third kappa shape index (κ3) is 11.0. The van der Waals surface area contributed by atoms with Crippen molar-refractivity contribution in [3.63, 3.8) is 0 Å². The highest BCUT2D eigenvalue weighted by atomic mass is 32.2. The van der Waals surface area contributed by atoms with E-state index in [2.05, 4.69) is 15.2 Å². The van der Waals surface area contributed by atoms with Crippen molar-refractivity contribution in [3.05, 3.63) is 36.0 Å². The second-order valence-corrected chi connectivity index (χ2v) is 9.97. The van der Waals surface area contributed by atoms with Crippen molar-refractivity contribution >= 4 is 23.6 Å². The number of carbonyl (C=O) groups is 2. The van der Waals surface area contributed by atoms with Gasteiger partial charge in [-0.25, -0.2) is 4.98 Å². The Balaban J connectivity index is 1.53. The van der Waals surface area contributed by atoms with E-state index in [-0.39, 0.29) is 11.9 Å². The van der Waals surface area contributed by atoms with Crippen molar-refractivity contribution < 1.29 is 19.1 Å². The van der Waals surface area contributed by atoms with E-state index in [4.69, 9.17) is 9.47 Å². The highest BCUT2D eigenvalue weighted by Gasteiger charge is 2.22. The van der Waals surface area contributed by atoms with E-state index in [9.17, 15) is 9.59 Å². The molecule has 1 aliphatic rings. The molecule has 2 heterocycles. The van der Waals surface area contributed by atoms with Gasteiger partial charge >= 0.3 is 5.97 Å². The van der Waals surface area contributed by atoms with Crippen molar-refractivity contribution in [1.82, 2.24) is 15.2 Å². The first-order valence-electron chi connectivity index (χ1n) is 11.3. The van der Waals surface area contributed by atoms with Gasteiger partial charge in [-0.2, -0.15) is 0 Å². The van der Waals surface area contributed by atoms with E-state index in [1.807, 2.05) is 45.1 Å². The largest absolute Gasteiger partial charge is 0.473 e. The maximum Gasteiger partial charge on any atom is 0.311 e. The fraction of sp³-hybridized carbons (Fsp3) is 0.625. The lowest BCUT2D eigenvalue weighted by molar-refractivity contribution is -0.152. The Labute approximate surface area is 196 Å². The Bertz CT molecular complexity index is 743. The van der Waals surface area contributed by atoms with Gasteiger partial charge in [-0.15, -0.1) is 11.8 Å². The first-order valence-corrected chi connectivity index (χ1v) is 12.5. The summed E-state index contributed by atoms with van der Waals surface area (Å²) in [6, 6.07) is 4.04. The molecule has 8 heteroatoms. The standard InChI is InChI=1S/C24H37N3O4S/c1-24(2,3)23(29)31-15-16-32-19-21(28)25-10-5-8-14-30-22-17-20(9-11-26-22)18-27-12-6-4-7-13-27/h5,8-9,11,17H,4,6-7,10,12-16,18-19H2,1-3H3,(H,25,28)/b8-5-. The number of amides is 1. The van der Waals surface area contributed by atoms with Gasteiger partial charge in [-0.05, 0) is 64.4 Å². The summed E-state index contributed by atoms with van der Waals surface area (Å²) in [4.78, 5) is 30.2. The van der Waals surface area contributed by atoms with Crippen LogP contribution in [0, 0.1) is 5.41 Å². The molecule has 0 spiro atoms. The molecule has 178 valence electrons. The molecule has 0 radical (unpaired) electrons. The minimum Gasteiger partial charge on any atom is -0.473 e. The van der Waals surface area contributed by atoms with Crippen molar-refractivity contribution in [1.29, 1.82) is 0 Å². The lowest BCUT2D eigenvalue weighted by Gasteiger charge is -2.26. The van der Waals surface area contributed by atoms with Gasteiger partial charge in [0, 0.05) is 31.1 Å². The molecule has 0 bridgehead atoms. The van der Waals surface area contributed by atoms with Crippen molar-refractivity contribution in [3.8, 4) is 5.88 Å². The Morgan fingerprint density at radius 1 is 1.22 bits per heavy atom. The number of esters is 1. The number of ether oxygens (including phenoxy) is 2. The predicted molar refractivity (Wildman–Crippen MR) is 129 cm³/mol. The Kier molecular flexibility index (Phi) is 11.6. The van der Waals surface area contributed by atoms with Crippen LogP contribution in [0.5, 0.6) is 5.88 Å². The number of piperidine rings is 1. The Hall–Kier alpha value is -2.06. The Morgan fingerprint density at radius 2 is 2.00 bits per heavy atom. The highest BCUT2D eigenvalue weighted by Crippen LogP contribution is 2.16. The van der Waals surface area contributed by atoms with Gasteiger partial charge < -0.3 is 14.8 Å². The van der Waals surface area contributed by atoms with E-state index in [1.54, 1.807) is 6.20 Å². The molecule has 1 saturated heterocycles. The zero-order chi connectivity index (χ0) is 23.2. The monoisotopic (exact) mass is 463 g/mol. The molecule has 1 fully saturated rings. The summed E-state index contributed by atoms with van der Waals surface area (Å²) in [6.45, 7) is 9.90. The van der Waals surface area contributed by atoms with Crippen LogP contribution in [-0.4, -0.2) is 66.1 Å².